The van der Waals surface area contributed by atoms with E-state index in [9.17, 15) is 14.0 Å². The van der Waals surface area contributed by atoms with Crippen LogP contribution in [0, 0.1) is 19.7 Å². The molecule has 0 aliphatic heterocycles. The maximum atomic E-state index is 13.6. The van der Waals surface area contributed by atoms with Gasteiger partial charge in [0.1, 0.15) is 11.5 Å². The monoisotopic (exact) mass is 288 g/mol. The molecule has 1 aromatic carbocycles. The van der Waals surface area contributed by atoms with Crippen LogP contribution < -0.4 is 5.32 Å². The molecule has 6 heteroatoms. The van der Waals surface area contributed by atoms with Crippen molar-refractivity contribution in [2.24, 2.45) is 0 Å². The van der Waals surface area contributed by atoms with E-state index >= 15 is 0 Å². The highest BCUT2D eigenvalue weighted by molar-refractivity contribution is 6.03. The summed E-state index contributed by atoms with van der Waals surface area (Å²) < 4.78 is 13.6. The fraction of sp³-hybridized carbons (Fsp3) is 0.133. The molecule has 0 saturated carbocycles. The second kappa shape index (κ2) is 5.70. The maximum absolute atomic E-state index is 13.6. The van der Waals surface area contributed by atoms with E-state index in [0.29, 0.717) is 0 Å². The molecule has 0 spiro atoms. The lowest BCUT2D eigenvalue weighted by molar-refractivity contribution is 0.0695. The lowest BCUT2D eigenvalue weighted by atomic mass is 10.1. The van der Waals surface area contributed by atoms with Crippen LogP contribution in [-0.4, -0.2) is 22.0 Å². The maximum Gasteiger partial charge on any atom is 0.337 e. The predicted molar refractivity (Wildman–Crippen MR) is 75.0 cm³/mol. The number of aromatic nitrogens is 1. The van der Waals surface area contributed by atoms with Gasteiger partial charge in [-0.15, -0.1) is 0 Å². The van der Waals surface area contributed by atoms with Crippen molar-refractivity contribution >= 4 is 17.6 Å². The Kier molecular flexibility index (Phi) is 3.98. The Balaban J connectivity index is 2.26. The first kappa shape index (κ1) is 14.6. The van der Waals surface area contributed by atoms with Crippen LogP contribution in [-0.2, 0) is 0 Å². The summed E-state index contributed by atoms with van der Waals surface area (Å²) >= 11 is 0. The summed E-state index contributed by atoms with van der Waals surface area (Å²) in [6.45, 7) is 3.27. The van der Waals surface area contributed by atoms with Gasteiger partial charge < -0.3 is 10.4 Å². The third-order valence-electron chi connectivity index (χ3n) is 2.92. The Bertz CT molecular complexity index is 729. The number of hydrogen-bond donors (Lipinski definition) is 2. The van der Waals surface area contributed by atoms with Crippen LogP contribution in [0.3, 0.4) is 0 Å². The number of aromatic carboxylic acids is 1. The number of anilines is 1. The molecule has 0 saturated heterocycles. The van der Waals surface area contributed by atoms with Gasteiger partial charge in [-0.3, -0.25) is 4.79 Å². The molecule has 0 bridgehead atoms. The zero-order chi connectivity index (χ0) is 15.6. The van der Waals surface area contributed by atoms with Gasteiger partial charge >= 0.3 is 5.97 Å². The molecule has 1 aromatic heterocycles. The Morgan fingerprint density at radius 3 is 2.52 bits per heavy atom. The van der Waals surface area contributed by atoms with Crippen molar-refractivity contribution in [1.29, 1.82) is 0 Å². The molecule has 21 heavy (non-hydrogen) atoms. The summed E-state index contributed by atoms with van der Waals surface area (Å²) in [6.07, 6.45) is 0. The zero-order valence-corrected chi connectivity index (χ0v) is 11.5. The lowest BCUT2D eigenvalue weighted by Gasteiger charge is -2.08. The van der Waals surface area contributed by atoms with Gasteiger partial charge in [0.25, 0.3) is 5.91 Å². The molecule has 0 unspecified atom stereocenters. The van der Waals surface area contributed by atoms with Crippen LogP contribution in [0.1, 0.15) is 32.1 Å². The summed E-state index contributed by atoms with van der Waals surface area (Å²) in [7, 11) is 0. The van der Waals surface area contributed by atoms with Crippen LogP contribution in [0.2, 0.25) is 0 Å². The number of carbonyl (C=O) groups is 2. The molecule has 0 atom stereocenters. The fourth-order valence-corrected chi connectivity index (χ4v) is 1.83. The van der Waals surface area contributed by atoms with Crippen LogP contribution in [0.25, 0.3) is 0 Å². The van der Waals surface area contributed by atoms with E-state index in [1.165, 1.54) is 31.2 Å². The van der Waals surface area contributed by atoms with Crippen molar-refractivity contribution in [3.8, 4) is 0 Å². The van der Waals surface area contributed by atoms with Crippen molar-refractivity contribution in [2.45, 2.75) is 13.8 Å². The van der Waals surface area contributed by atoms with Crippen LogP contribution in [0.4, 0.5) is 10.1 Å². The highest BCUT2D eigenvalue weighted by Crippen LogP contribution is 2.17. The van der Waals surface area contributed by atoms with Crippen molar-refractivity contribution in [3.05, 3.63) is 58.7 Å². The SMILES string of the molecule is Cc1ccc(F)c(NC(=O)c2ccc(C(=O)O)c(C)n2)c1. The minimum Gasteiger partial charge on any atom is -0.478 e. The summed E-state index contributed by atoms with van der Waals surface area (Å²) in [4.78, 5) is 26.8. The van der Waals surface area contributed by atoms with Crippen molar-refractivity contribution in [1.82, 2.24) is 4.98 Å². The summed E-state index contributed by atoms with van der Waals surface area (Å²) in [5.74, 6) is -2.26. The number of hydrogen-bond acceptors (Lipinski definition) is 3. The molecule has 1 heterocycles. The number of nitrogens with zero attached hydrogens (tertiary/aromatic N) is 1. The first-order valence-electron chi connectivity index (χ1n) is 6.17. The second-order valence-electron chi connectivity index (χ2n) is 4.57. The van der Waals surface area contributed by atoms with E-state index in [2.05, 4.69) is 10.3 Å². The molecular weight excluding hydrogens is 275 g/mol. The first-order valence-corrected chi connectivity index (χ1v) is 6.17. The molecule has 0 aliphatic rings. The Labute approximate surface area is 120 Å². The molecule has 0 radical (unpaired) electrons. The molecule has 0 fully saturated rings. The zero-order valence-electron chi connectivity index (χ0n) is 11.5. The third-order valence-corrected chi connectivity index (χ3v) is 2.92. The molecule has 1 amide bonds. The number of carboxylic acid groups (broad SMARTS) is 1. The number of rotatable bonds is 3. The van der Waals surface area contributed by atoms with E-state index in [-0.39, 0.29) is 22.6 Å². The van der Waals surface area contributed by atoms with Gasteiger partial charge in [0.2, 0.25) is 0 Å². The number of halogens is 1. The molecule has 2 rings (SSSR count). The molecular formula is C15H13FN2O3. The number of amides is 1. The average molecular weight is 288 g/mol. The van der Waals surface area contributed by atoms with E-state index in [0.717, 1.165) is 5.56 Å². The quantitative estimate of drug-likeness (QED) is 0.910. The number of pyridine rings is 1. The van der Waals surface area contributed by atoms with Gasteiger partial charge in [-0.2, -0.15) is 0 Å². The minimum absolute atomic E-state index is 0.0216. The van der Waals surface area contributed by atoms with Crippen LogP contribution in [0.15, 0.2) is 30.3 Å². The number of aryl methyl sites for hydroxylation is 2. The van der Waals surface area contributed by atoms with E-state index < -0.39 is 17.7 Å². The number of carbonyl (C=O) groups excluding carboxylic acids is 1. The van der Waals surface area contributed by atoms with Gasteiger partial charge in [0.15, 0.2) is 0 Å². The fourth-order valence-electron chi connectivity index (χ4n) is 1.83. The van der Waals surface area contributed by atoms with E-state index in [1.807, 2.05) is 0 Å². The van der Waals surface area contributed by atoms with Crippen molar-refractivity contribution < 1.29 is 19.1 Å². The normalized spacial score (nSPS) is 10.2. The Morgan fingerprint density at radius 2 is 1.90 bits per heavy atom. The second-order valence-corrected chi connectivity index (χ2v) is 4.57. The van der Waals surface area contributed by atoms with Gasteiger partial charge in [0.05, 0.1) is 16.9 Å². The Hall–Kier alpha value is -2.76. The molecule has 108 valence electrons. The van der Waals surface area contributed by atoms with Gasteiger partial charge in [0, 0.05) is 0 Å². The number of nitrogens with one attached hydrogen (secondary N) is 1. The molecule has 2 aromatic rings. The lowest BCUT2D eigenvalue weighted by Crippen LogP contribution is -2.16. The van der Waals surface area contributed by atoms with Crippen LogP contribution >= 0.6 is 0 Å². The molecule has 5 nitrogen and oxygen atoms in total. The first-order chi connectivity index (χ1) is 9.88. The average Bonchev–Trinajstić information content (AvgIpc) is 2.42. The summed E-state index contributed by atoms with van der Waals surface area (Å²) in [5, 5.41) is 11.3. The number of benzene rings is 1. The topological polar surface area (TPSA) is 79.3 Å². The minimum atomic E-state index is -1.11. The van der Waals surface area contributed by atoms with E-state index in [4.69, 9.17) is 5.11 Å². The van der Waals surface area contributed by atoms with Crippen molar-refractivity contribution in [3.63, 3.8) is 0 Å². The molecule has 2 N–H and O–H groups in total. The predicted octanol–water partition coefficient (Wildman–Crippen LogP) is 2.79. The summed E-state index contributed by atoms with van der Waals surface area (Å²) in [5.41, 5.74) is 1.13. The van der Waals surface area contributed by atoms with Crippen LogP contribution in [0.5, 0.6) is 0 Å². The van der Waals surface area contributed by atoms with Gasteiger partial charge in [-0.05, 0) is 43.7 Å². The smallest absolute Gasteiger partial charge is 0.337 e. The van der Waals surface area contributed by atoms with Crippen molar-refractivity contribution in [2.75, 3.05) is 5.32 Å². The largest absolute Gasteiger partial charge is 0.478 e. The number of carboxylic acids is 1. The highest BCUT2D eigenvalue weighted by atomic mass is 19.1. The highest BCUT2D eigenvalue weighted by Gasteiger charge is 2.14. The van der Waals surface area contributed by atoms with Gasteiger partial charge in [-0.1, -0.05) is 6.07 Å². The van der Waals surface area contributed by atoms with E-state index in [1.54, 1.807) is 13.0 Å². The Morgan fingerprint density at radius 1 is 1.19 bits per heavy atom. The third kappa shape index (κ3) is 3.22. The standard InChI is InChI=1S/C15H13FN2O3/c1-8-3-5-11(16)13(7-8)18-14(19)12-6-4-10(15(20)21)9(2)17-12/h3-7H,1-2H3,(H,18,19)(H,20,21). The molecule has 0 aliphatic carbocycles. The van der Waals surface area contributed by atoms with Gasteiger partial charge in [-0.25, -0.2) is 14.2 Å². The summed E-state index contributed by atoms with van der Waals surface area (Å²) in [6, 6.07) is 6.95.